The molecule has 2 heterocycles. The molecule has 0 radical (unpaired) electrons. The lowest BCUT2D eigenvalue weighted by Gasteiger charge is -2.32. The summed E-state index contributed by atoms with van der Waals surface area (Å²) in [6.07, 6.45) is 6.47. The van der Waals surface area contributed by atoms with Crippen molar-refractivity contribution in [2.75, 3.05) is 20.1 Å². The number of hydrogen-bond donors (Lipinski definition) is 1. The Bertz CT molecular complexity index is 313. The third kappa shape index (κ3) is 3.20. The first-order valence-electron chi connectivity index (χ1n) is 5.65. The molecular formula is C11H21ClN4. The standard InChI is InChI=1S/C11H20N4.ClH/c1-12-10-4-3-6-15(8-10)9-11-13-5-7-14(11)2;/h5,7,10,12H,3-4,6,8-9H2,1-2H3;1H. The maximum absolute atomic E-state index is 4.36. The van der Waals surface area contributed by atoms with E-state index in [1.807, 2.05) is 12.4 Å². The van der Waals surface area contributed by atoms with Gasteiger partial charge < -0.3 is 9.88 Å². The Morgan fingerprint density at radius 1 is 1.56 bits per heavy atom. The highest BCUT2D eigenvalue weighted by Crippen LogP contribution is 2.12. The summed E-state index contributed by atoms with van der Waals surface area (Å²) in [4.78, 5) is 6.84. The van der Waals surface area contributed by atoms with Crippen molar-refractivity contribution in [3.8, 4) is 0 Å². The van der Waals surface area contributed by atoms with Gasteiger partial charge in [0, 0.05) is 32.0 Å². The van der Waals surface area contributed by atoms with E-state index in [0.29, 0.717) is 6.04 Å². The Morgan fingerprint density at radius 2 is 2.38 bits per heavy atom. The number of aromatic nitrogens is 2. The van der Waals surface area contributed by atoms with Crippen LogP contribution in [0.1, 0.15) is 18.7 Å². The molecule has 0 aromatic carbocycles. The van der Waals surface area contributed by atoms with Crippen molar-refractivity contribution >= 4 is 12.4 Å². The maximum atomic E-state index is 4.36. The Morgan fingerprint density at radius 3 is 3.00 bits per heavy atom. The van der Waals surface area contributed by atoms with Gasteiger partial charge in [0.2, 0.25) is 0 Å². The van der Waals surface area contributed by atoms with Crippen molar-refractivity contribution in [2.45, 2.75) is 25.4 Å². The van der Waals surface area contributed by atoms with Crippen LogP contribution in [0.25, 0.3) is 0 Å². The van der Waals surface area contributed by atoms with E-state index in [2.05, 4.69) is 33.9 Å². The fourth-order valence-corrected chi connectivity index (χ4v) is 2.18. The molecule has 0 aliphatic carbocycles. The summed E-state index contributed by atoms with van der Waals surface area (Å²) in [5.74, 6) is 1.16. The van der Waals surface area contributed by atoms with E-state index in [4.69, 9.17) is 0 Å². The fourth-order valence-electron chi connectivity index (χ4n) is 2.18. The van der Waals surface area contributed by atoms with E-state index < -0.39 is 0 Å². The molecular weight excluding hydrogens is 224 g/mol. The maximum Gasteiger partial charge on any atom is 0.122 e. The summed E-state index contributed by atoms with van der Waals surface area (Å²) in [6.45, 7) is 3.32. The number of likely N-dealkylation sites (N-methyl/N-ethyl adjacent to an activating group) is 1. The van der Waals surface area contributed by atoms with Gasteiger partial charge in [0.05, 0.1) is 6.54 Å². The quantitative estimate of drug-likeness (QED) is 0.862. The van der Waals surface area contributed by atoms with Gasteiger partial charge in [-0.3, -0.25) is 4.90 Å². The molecule has 5 heteroatoms. The number of halogens is 1. The molecule has 1 unspecified atom stereocenters. The van der Waals surface area contributed by atoms with Crippen LogP contribution in [0.3, 0.4) is 0 Å². The lowest BCUT2D eigenvalue weighted by molar-refractivity contribution is 0.182. The molecule has 4 nitrogen and oxygen atoms in total. The molecule has 1 aliphatic rings. The molecule has 1 aromatic rings. The molecule has 1 saturated heterocycles. The first-order valence-corrected chi connectivity index (χ1v) is 5.65. The summed E-state index contributed by atoms with van der Waals surface area (Å²) in [6, 6.07) is 0.652. The summed E-state index contributed by atoms with van der Waals surface area (Å²) in [5, 5.41) is 3.36. The molecule has 1 atom stereocenters. The number of piperidine rings is 1. The van der Waals surface area contributed by atoms with Gasteiger partial charge in [-0.25, -0.2) is 4.98 Å². The minimum atomic E-state index is 0. The number of hydrogen-bond acceptors (Lipinski definition) is 3. The fraction of sp³-hybridized carbons (Fsp3) is 0.727. The number of nitrogens with zero attached hydrogens (tertiary/aromatic N) is 3. The van der Waals surface area contributed by atoms with Gasteiger partial charge in [-0.15, -0.1) is 12.4 Å². The third-order valence-corrected chi connectivity index (χ3v) is 3.20. The van der Waals surface area contributed by atoms with E-state index in [0.717, 1.165) is 18.9 Å². The van der Waals surface area contributed by atoms with Crippen LogP contribution < -0.4 is 5.32 Å². The van der Waals surface area contributed by atoms with Crippen molar-refractivity contribution in [1.29, 1.82) is 0 Å². The number of imidazole rings is 1. The Kier molecular flexibility index (Phi) is 5.25. The number of rotatable bonds is 3. The second-order valence-electron chi connectivity index (χ2n) is 4.32. The Balaban J connectivity index is 0.00000128. The Hall–Kier alpha value is -0.580. The largest absolute Gasteiger partial charge is 0.337 e. The predicted octanol–water partition coefficient (Wildman–Crippen LogP) is 1.03. The van der Waals surface area contributed by atoms with Crippen LogP contribution in [0.4, 0.5) is 0 Å². The van der Waals surface area contributed by atoms with E-state index in [-0.39, 0.29) is 12.4 Å². The average molecular weight is 245 g/mol. The highest BCUT2D eigenvalue weighted by atomic mass is 35.5. The van der Waals surface area contributed by atoms with Gasteiger partial charge in [-0.2, -0.15) is 0 Å². The number of aryl methyl sites for hydroxylation is 1. The van der Waals surface area contributed by atoms with Crippen LogP contribution in [-0.2, 0) is 13.6 Å². The highest BCUT2D eigenvalue weighted by molar-refractivity contribution is 5.85. The molecule has 0 spiro atoms. The van der Waals surface area contributed by atoms with E-state index >= 15 is 0 Å². The normalized spacial score (nSPS) is 21.8. The van der Waals surface area contributed by atoms with Crippen LogP contribution in [-0.4, -0.2) is 40.6 Å². The van der Waals surface area contributed by atoms with Gasteiger partial charge in [0.1, 0.15) is 5.82 Å². The van der Waals surface area contributed by atoms with Crippen LogP contribution in [0.15, 0.2) is 12.4 Å². The van der Waals surface area contributed by atoms with Crippen molar-refractivity contribution in [2.24, 2.45) is 7.05 Å². The van der Waals surface area contributed by atoms with Gasteiger partial charge in [-0.05, 0) is 26.4 Å². The summed E-state index contributed by atoms with van der Waals surface area (Å²) >= 11 is 0. The molecule has 1 N–H and O–H groups in total. The summed E-state index contributed by atoms with van der Waals surface area (Å²) in [7, 11) is 4.11. The number of likely N-dealkylation sites (tertiary alicyclic amines) is 1. The second kappa shape index (κ2) is 6.23. The van der Waals surface area contributed by atoms with Gasteiger partial charge >= 0.3 is 0 Å². The van der Waals surface area contributed by atoms with Crippen LogP contribution in [0.5, 0.6) is 0 Å². The zero-order chi connectivity index (χ0) is 10.7. The van der Waals surface area contributed by atoms with E-state index in [9.17, 15) is 0 Å². The molecule has 0 bridgehead atoms. The minimum Gasteiger partial charge on any atom is -0.337 e. The van der Waals surface area contributed by atoms with Crippen LogP contribution >= 0.6 is 12.4 Å². The predicted molar refractivity (Wildman–Crippen MR) is 67.8 cm³/mol. The van der Waals surface area contributed by atoms with Crippen molar-refractivity contribution in [3.05, 3.63) is 18.2 Å². The average Bonchev–Trinajstić information content (AvgIpc) is 2.65. The van der Waals surface area contributed by atoms with Crippen molar-refractivity contribution < 1.29 is 0 Å². The first-order chi connectivity index (χ1) is 7.29. The molecule has 92 valence electrons. The SMILES string of the molecule is CNC1CCCN(Cc2nccn2C)C1.Cl. The second-order valence-corrected chi connectivity index (χ2v) is 4.32. The van der Waals surface area contributed by atoms with Crippen LogP contribution in [0, 0.1) is 0 Å². The minimum absolute atomic E-state index is 0. The lowest BCUT2D eigenvalue weighted by Crippen LogP contribution is -2.44. The molecule has 2 rings (SSSR count). The number of nitrogens with one attached hydrogen (secondary N) is 1. The van der Waals surface area contributed by atoms with Crippen molar-refractivity contribution in [3.63, 3.8) is 0 Å². The lowest BCUT2D eigenvalue weighted by atomic mass is 10.1. The summed E-state index contributed by atoms with van der Waals surface area (Å²) in [5.41, 5.74) is 0. The molecule has 0 amide bonds. The smallest absolute Gasteiger partial charge is 0.122 e. The van der Waals surface area contributed by atoms with Crippen LogP contribution in [0.2, 0.25) is 0 Å². The van der Waals surface area contributed by atoms with Gasteiger partial charge in [0.25, 0.3) is 0 Å². The summed E-state index contributed by atoms with van der Waals surface area (Å²) < 4.78 is 2.10. The van der Waals surface area contributed by atoms with E-state index in [1.54, 1.807) is 0 Å². The molecule has 0 saturated carbocycles. The molecule has 1 fully saturated rings. The molecule has 16 heavy (non-hydrogen) atoms. The zero-order valence-corrected chi connectivity index (χ0v) is 10.8. The highest BCUT2D eigenvalue weighted by Gasteiger charge is 2.19. The zero-order valence-electron chi connectivity index (χ0n) is 10.0. The Labute approximate surface area is 103 Å². The monoisotopic (exact) mass is 244 g/mol. The molecule has 1 aliphatic heterocycles. The third-order valence-electron chi connectivity index (χ3n) is 3.20. The van der Waals surface area contributed by atoms with E-state index in [1.165, 1.54) is 19.4 Å². The topological polar surface area (TPSA) is 33.1 Å². The van der Waals surface area contributed by atoms with Crippen molar-refractivity contribution in [1.82, 2.24) is 19.8 Å². The molecule has 1 aromatic heterocycles. The van der Waals surface area contributed by atoms with Gasteiger partial charge in [-0.1, -0.05) is 0 Å². The van der Waals surface area contributed by atoms with Gasteiger partial charge in [0.15, 0.2) is 0 Å². The first kappa shape index (κ1) is 13.5.